The zero-order valence-electron chi connectivity index (χ0n) is 14.2. The number of carbonyl (C=O) groups is 2. The lowest BCUT2D eigenvalue weighted by atomic mass is 10.1. The van der Waals surface area contributed by atoms with Crippen LogP contribution in [0.1, 0.15) is 5.69 Å². The second-order valence-corrected chi connectivity index (χ2v) is 6.28. The number of carbonyl (C=O) groups excluding carboxylic acids is 2. The van der Waals surface area contributed by atoms with Crippen molar-refractivity contribution in [3.8, 4) is 5.69 Å². The van der Waals surface area contributed by atoms with Crippen LogP contribution in [-0.2, 0) is 9.59 Å². The number of nitrogens with zero attached hydrogens (tertiary/aromatic N) is 3. The zero-order valence-corrected chi connectivity index (χ0v) is 15.0. The number of amides is 2. The standard InChI is InChI=1S/C18H18N4O2S/c1-20(2)12-6-8-13(9-7-12)22-10-4-5-14(22)11-15-16(23)19-18(25)21(3)17(15)24/h4-11H,1-3H3,(H,19,23,25)/b15-11+. The van der Waals surface area contributed by atoms with Gasteiger partial charge in [-0.25, -0.2) is 0 Å². The van der Waals surface area contributed by atoms with Crippen LogP contribution in [0.2, 0.25) is 0 Å². The molecule has 3 rings (SSSR count). The second-order valence-electron chi connectivity index (χ2n) is 5.90. The third-order valence-corrected chi connectivity index (χ3v) is 4.40. The molecule has 1 saturated heterocycles. The lowest BCUT2D eigenvalue weighted by molar-refractivity contribution is -0.128. The van der Waals surface area contributed by atoms with Crippen LogP contribution in [0.4, 0.5) is 5.69 Å². The molecule has 6 nitrogen and oxygen atoms in total. The quantitative estimate of drug-likeness (QED) is 0.519. The summed E-state index contributed by atoms with van der Waals surface area (Å²) in [4.78, 5) is 27.7. The van der Waals surface area contributed by atoms with Crippen molar-refractivity contribution in [2.75, 3.05) is 26.0 Å². The molecule has 2 amide bonds. The summed E-state index contributed by atoms with van der Waals surface area (Å²) in [6.07, 6.45) is 3.46. The molecule has 0 saturated carbocycles. The van der Waals surface area contributed by atoms with Gasteiger partial charge in [-0.3, -0.25) is 19.8 Å². The van der Waals surface area contributed by atoms with Crippen molar-refractivity contribution in [2.24, 2.45) is 0 Å². The first-order valence-corrected chi connectivity index (χ1v) is 8.09. The summed E-state index contributed by atoms with van der Waals surface area (Å²) in [6.45, 7) is 0. The molecule has 2 aromatic rings. The van der Waals surface area contributed by atoms with Crippen molar-refractivity contribution < 1.29 is 9.59 Å². The fraction of sp³-hybridized carbons (Fsp3) is 0.167. The summed E-state index contributed by atoms with van der Waals surface area (Å²) in [5.74, 6) is -0.895. The first-order chi connectivity index (χ1) is 11.9. The van der Waals surface area contributed by atoms with E-state index in [9.17, 15) is 9.59 Å². The van der Waals surface area contributed by atoms with E-state index in [4.69, 9.17) is 12.2 Å². The maximum Gasteiger partial charge on any atom is 0.265 e. The van der Waals surface area contributed by atoms with Gasteiger partial charge in [0.1, 0.15) is 5.57 Å². The van der Waals surface area contributed by atoms with E-state index in [1.807, 2.05) is 66.2 Å². The van der Waals surface area contributed by atoms with E-state index in [1.165, 1.54) is 11.9 Å². The number of thiocarbonyl (C=S) groups is 1. The third kappa shape index (κ3) is 3.18. The van der Waals surface area contributed by atoms with Gasteiger partial charge in [-0.2, -0.15) is 0 Å². The molecule has 128 valence electrons. The molecule has 1 aliphatic rings. The molecule has 0 unspecified atom stereocenters. The molecule has 1 aromatic carbocycles. The Morgan fingerprint density at radius 3 is 2.44 bits per heavy atom. The highest BCUT2D eigenvalue weighted by Crippen LogP contribution is 2.20. The fourth-order valence-corrected chi connectivity index (χ4v) is 2.73. The van der Waals surface area contributed by atoms with E-state index in [0.717, 1.165) is 17.1 Å². The van der Waals surface area contributed by atoms with Crippen LogP contribution >= 0.6 is 12.2 Å². The van der Waals surface area contributed by atoms with E-state index >= 15 is 0 Å². The van der Waals surface area contributed by atoms with E-state index in [1.54, 1.807) is 6.08 Å². The van der Waals surface area contributed by atoms with Gasteiger partial charge in [-0.1, -0.05) is 0 Å². The van der Waals surface area contributed by atoms with Gasteiger partial charge in [0.25, 0.3) is 11.8 Å². The molecule has 1 aliphatic heterocycles. The van der Waals surface area contributed by atoms with Crippen molar-refractivity contribution >= 4 is 40.9 Å². The van der Waals surface area contributed by atoms with Crippen LogP contribution in [0.15, 0.2) is 48.2 Å². The number of anilines is 1. The highest BCUT2D eigenvalue weighted by Gasteiger charge is 2.30. The fourth-order valence-electron chi connectivity index (χ4n) is 2.55. The van der Waals surface area contributed by atoms with Gasteiger partial charge in [0.2, 0.25) is 0 Å². The van der Waals surface area contributed by atoms with Crippen molar-refractivity contribution in [1.82, 2.24) is 14.8 Å². The number of hydrogen-bond acceptors (Lipinski definition) is 4. The van der Waals surface area contributed by atoms with Crippen LogP contribution < -0.4 is 10.2 Å². The monoisotopic (exact) mass is 354 g/mol. The molecular formula is C18H18N4O2S. The highest BCUT2D eigenvalue weighted by molar-refractivity contribution is 7.80. The van der Waals surface area contributed by atoms with Crippen LogP contribution in [0.25, 0.3) is 11.8 Å². The van der Waals surface area contributed by atoms with Gasteiger partial charge >= 0.3 is 0 Å². The highest BCUT2D eigenvalue weighted by atomic mass is 32.1. The number of nitrogens with one attached hydrogen (secondary N) is 1. The predicted molar refractivity (Wildman–Crippen MR) is 102 cm³/mol. The Kier molecular flexibility index (Phi) is 4.41. The van der Waals surface area contributed by atoms with E-state index in [2.05, 4.69) is 5.32 Å². The van der Waals surface area contributed by atoms with Crippen molar-refractivity contribution in [3.63, 3.8) is 0 Å². The first kappa shape index (κ1) is 16.9. The summed E-state index contributed by atoms with van der Waals surface area (Å²) in [6, 6.07) is 11.7. The molecule has 1 N–H and O–H groups in total. The van der Waals surface area contributed by atoms with Crippen LogP contribution in [-0.4, -0.2) is 47.5 Å². The molecule has 1 aromatic heterocycles. The summed E-state index contributed by atoms with van der Waals surface area (Å²) >= 11 is 4.96. The molecule has 0 atom stereocenters. The minimum atomic E-state index is -0.483. The van der Waals surface area contributed by atoms with Crippen molar-refractivity contribution in [1.29, 1.82) is 0 Å². The maximum absolute atomic E-state index is 12.3. The average molecular weight is 354 g/mol. The Bertz CT molecular complexity index is 881. The van der Waals surface area contributed by atoms with E-state index in [0.29, 0.717) is 0 Å². The number of rotatable bonds is 3. The minimum absolute atomic E-state index is 0.0564. The van der Waals surface area contributed by atoms with Crippen LogP contribution in [0.3, 0.4) is 0 Å². The number of likely N-dealkylation sites (N-methyl/N-ethyl adjacent to an activating group) is 1. The van der Waals surface area contributed by atoms with E-state index in [-0.39, 0.29) is 10.7 Å². The van der Waals surface area contributed by atoms with Gasteiger partial charge in [0.05, 0.1) is 0 Å². The smallest absolute Gasteiger partial charge is 0.265 e. The largest absolute Gasteiger partial charge is 0.378 e. The molecule has 0 spiro atoms. The number of aromatic nitrogens is 1. The Morgan fingerprint density at radius 2 is 1.80 bits per heavy atom. The first-order valence-electron chi connectivity index (χ1n) is 7.68. The summed E-state index contributed by atoms with van der Waals surface area (Å²) in [7, 11) is 5.50. The molecule has 2 heterocycles. The Balaban J connectivity index is 1.98. The third-order valence-electron chi connectivity index (χ3n) is 4.02. The number of hydrogen-bond donors (Lipinski definition) is 1. The predicted octanol–water partition coefficient (Wildman–Crippen LogP) is 1.80. The van der Waals surface area contributed by atoms with E-state index < -0.39 is 11.8 Å². The lowest BCUT2D eigenvalue weighted by Gasteiger charge is -2.25. The normalized spacial score (nSPS) is 16.4. The zero-order chi connectivity index (χ0) is 18.1. The minimum Gasteiger partial charge on any atom is -0.378 e. The van der Waals surface area contributed by atoms with Crippen LogP contribution in [0, 0.1) is 0 Å². The van der Waals surface area contributed by atoms with Gasteiger partial charge in [0, 0.05) is 44.4 Å². The molecule has 25 heavy (non-hydrogen) atoms. The van der Waals surface area contributed by atoms with Crippen molar-refractivity contribution in [3.05, 3.63) is 53.9 Å². The van der Waals surface area contributed by atoms with Gasteiger partial charge in [-0.15, -0.1) is 0 Å². The molecule has 0 bridgehead atoms. The van der Waals surface area contributed by atoms with Gasteiger partial charge in [0.15, 0.2) is 5.11 Å². The lowest BCUT2D eigenvalue weighted by Crippen LogP contribution is -2.52. The van der Waals surface area contributed by atoms with Crippen molar-refractivity contribution in [2.45, 2.75) is 0 Å². The molecule has 0 radical (unpaired) electrons. The average Bonchev–Trinajstić information content (AvgIpc) is 3.05. The molecule has 7 heteroatoms. The van der Waals surface area contributed by atoms with Crippen LogP contribution in [0.5, 0.6) is 0 Å². The Labute approximate surface area is 151 Å². The Hall–Kier alpha value is -2.93. The number of benzene rings is 1. The SMILES string of the molecule is CN1C(=O)/C(=C/c2cccn2-c2ccc(N(C)C)cc2)C(=O)NC1=S. The Morgan fingerprint density at radius 1 is 1.12 bits per heavy atom. The summed E-state index contributed by atoms with van der Waals surface area (Å²) < 4.78 is 1.92. The molecular weight excluding hydrogens is 336 g/mol. The summed E-state index contributed by atoms with van der Waals surface area (Å²) in [5, 5.41) is 2.63. The topological polar surface area (TPSA) is 57.6 Å². The van der Waals surface area contributed by atoms with Gasteiger partial charge in [-0.05, 0) is 54.7 Å². The maximum atomic E-state index is 12.3. The molecule has 0 aliphatic carbocycles. The molecule has 1 fully saturated rings. The van der Waals surface area contributed by atoms with Gasteiger partial charge < -0.3 is 9.47 Å². The summed E-state index contributed by atoms with van der Waals surface area (Å²) in [5.41, 5.74) is 2.82. The second kappa shape index (κ2) is 6.52.